The lowest BCUT2D eigenvalue weighted by atomic mass is 10.5. The van der Waals surface area contributed by atoms with E-state index in [1.807, 2.05) is 0 Å². The molecule has 0 unspecified atom stereocenters. The maximum absolute atomic E-state index is 10.5. The molecule has 0 aliphatic heterocycles. The Morgan fingerprint density at radius 3 is 2.90 bits per heavy atom. The molecule has 0 amide bonds. The van der Waals surface area contributed by atoms with E-state index in [0.717, 1.165) is 0 Å². The number of rotatable bonds is 1. The summed E-state index contributed by atoms with van der Waals surface area (Å²) in [6.45, 7) is 0. The highest BCUT2D eigenvalue weighted by Gasteiger charge is 1.95. The zero-order valence-electron chi connectivity index (χ0n) is 5.09. The number of nitrogens with one attached hydrogen (secondary N) is 2. The van der Waals surface area contributed by atoms with Gasteiger partial charge in [0, 0.05) is 12.3 Å². The predicted octanol–water partition coefficient (Wildman–Crippen LogP) is -0.946. The van der Waals surface area contributed by atoms with E-state index in [2.05, 4.69) is 9.97 Å². The molecule has 1 aromatic heterocycles. The number of hydrogen-bond donors (Lipinski definition) is 3. The average molecular weight is 138 g/mol. The van der Waals surface area contributed by atoms with Gasteiger partial charge in [-0.2, -0.15) is 0 Å². The summed E-state index contributed by atoms with van der Waals surface area (Å²) in [5, 5.41) is 6.88. The van der Waals surface area contributed by atoms with E-state index in [-0.39, 0.29) is 17.2 Å². The summed E-state index contributed by atoms with van der Waals surface area (Å²) in [5.74, 6) is -0.134. The normalized spacial score (nSPS) is 9.20. The Kier molecular flexibility index (Phi) is 1.49. The molecular weight excluding hydrogens is 132 g/mol. The number of nitrogens with two attached hydrogens (primary N) is 1. The van der Waals surface area contributed by atoms with Gasteiger partial charge in [-0.1, -0.05) is 0 Å². The molecule has 0 saturated carbocycles. The molecule has 1 rings (SSSR count). The second kappa shape index (κ2) is 2.30. The quantitative estimate of drug-likeness (QED) is 0.345. The van der Waals surface area contributed by atoms with Gasteiger partial charge in [-0.25, -0.2) is 4.98 Å². The molecule has 0 saturated heterocycles. The number of aromatic amines is 1. The van der Waals surface area contributed by atoms with E-state index >= 15 is 0 Å². The van der Waals surface area contributed by atoms with Crippen molar-refractivity contribution in [1.82, 2.24) is 9.97 Å². The average Bonchev–Trinajstić information content (AvgIpc) is 1.88. The van der Waals surface area contributed by atoms with Gasteiger partial charge in [-0.3, -0.25) is 10.2 Å². The van der Waals surface area contributed by atoms with E-state index in [4.69, 9.17) is 11.1 Å². The molecule has 0 aliphatic carbocycles. The molecule has 0 fully saturated rings. The van der Waals surface area contributed by atoms with Crippen LogP contribution in [0.5, 0.6) is 0 Å². The summed E-state index contributed by atoms with van der Waals surface area (Å²) >= 11 is 0. The van der Waals surface area contributed by atoms with Gasteiger partial charge in [0.2, 0.25) is 0 Å². The number of H-pyrrole nitrogens is 1. The molecule has 0 bridgehead atoms. The Bertz CT molecular complexity index is 303. The second-order valence-electron chi connectivity index (χ2n) is 1.70. The van der Waals surface area contributed by atoms with Crippen molar-refractivity contribution in [2.24, 2.45) is 5.73 Å². The van der Waals surface area contributed by atoms with Crippen molar-refractivity contribution in [3.8, 4) is 0 Å². The highest BCUT2D eigenvalue weighted by atomic mass is 16.1. The maximum atomic E-state index is 10.5. The lowest BCUT2D eigenvalue weighted by Crippen LogP contribution is -2.19. The van der Waals surface area contributed by atoms with Gasteiger partial charge in [0.05, 0.1) is 0 Å². The van der Waals surface area contributed by atoms with Crippen LogP contribution in [0.3, 0.4) is 0 Å². The predicted molar refractivity (Wildman–Crippen MR) is 35.9 cm³/mol. The van der Waals surface area contributed by atoms with E-state index in [1.165, 1.54) is 12.3 Å². The molecule has 10 heavy (non-hydrogen) atoms. The topological polar surface area (TPSA) is 95.6 Å². The van der Waals surface area contributed by atoms with Gasteiger partial charge in [0.15, 0.2) is 11.7 Å². The number of amidine groups is 1. The van der Waals surface area contributed by atoms with E-state index in [0.29, 0.717) is 0 Å². The van der Waals surface area contributed by atoms with Crippen molar-refractivity contribution >= 4 is 5.84 Å². The first kappa shape index (κ1) is 6.47. The molecule has 5 nitrogen and oxygen atoms in total. The Morgan fingerprint density at radius 1 is 1.80 bits per heavy atom. The van der Waals surface area contributed by atoms with E-state index < -0.39 is 0 Å². The monoisotopic (exact) mass is 138 g/mol. The number of nitrogen functional groups attached to an aromatic ring is 1. The van der Waals surface area contributed by atoms with Crippen molar-refractivity contribution in [2.75, 3.05) is 0 Å². The number of aromatic nitrogens is 2. The standard InChI is InChI=1S/C5H6N4O/c6-4(7)5-8-2-1-3(10)9-5/h1-2H,(H3,6,7)(H,8,9,10). The number of hydrogen-bond acceptors (Lipinski definition) is 3. The molecule has 0 aliphatic rings. The van der Waals surface area contributed by atoms with Crippen LogP contribution in [0.2, 0.25) is 0 Å². The van der Waals surface area contributed by atoms with Crippen molar-refractivity contribution < 1.29 is 0 Å². The van der Waals surface area contributed by atoms with Crippen LogP contribution < -0.4 is 11.3 Å². The Labute approximate surface area is 56.4 Å². The third kappa shape index (κ3) is 1.19. The van der Waals surface area contributed by atoms with E-state index in [9.17, 15) is 4.79 Å². The van der Waals surface area contributed by atoms with Crippen LogP contribution in [-0.2, 0) is 0 Å². The largest absolute Gasteiger partial charge is 0.381 e. The highest BCUT2D eigenvalue weighted by Crippen LogP contribution is 1.77. The molecule has 52 valence electrons. The molecule has 0 spiro atoms. The van der Waals surface area contributed by atoms with Gasteiger partial charge < -0.3 is 10.7 Å². The summed E-state index contributed by atoms with van der Waals surface area (Å²) < 4.78 is 0. The van der Waals surface area contributed by atoms with Crippen LogP contribution in [0.15, 0.2) is 17.1 Å². The fraction of sp³-hybridized carbons (Fsp3) is 0. The first-order valence-corrected chi connectivity index (χ1v) is 2.60. The van der Waals surface area contributed by atoms with Gasteiger partial charge >= 0.3 is 0 Å². The molecule has 0 atom stereocenters. The molecule has 1 heterocycles. The Hall–Kier alpha value is -1.65. The van der Waals surface area contributed by atoms with Crippen LogP contribution in [0, 0.1) is 5.41 Å². The van der Waals surface area contributed by atoms with Crippen LogP contribution in [0.25, 0.3) is 0 Å². The minimum absolute atomic E-state index is 0.104. The highest BCUT2D eigenvalue weighted by molar-refractivity contribution is 5.90. The van der Waals surface area contributed by atoms with Crippen LogP contribution in [0.4, 0.5) is 0 Å². The SMILES string of the molecule is N=C(N)c1nccc(=O)[nH]1. The third-order valence-corrected chi connectivity index (χ3v) is 0.926. The smallest absolute Gasteiger partial charge is 0.251 e. The lowest BCUT2D eigenvalue weighted by Gasteiger charge is -1.92. The fourth-order valence-electron chi connectivity index (χ4n) is 0.507. The first-order chi connectivity index (χ1) is 4.70. The molecule has 0 radical (unpaired) electrons. The van der Waals surface area contributed by atoms with Gasteiger partial charge in [-0.05, 0) is 0 Å². The summed E-state index contributed by atoms with van der Waals surface area (Å²) in [7, 11) is 0. The summed E-state index contributed by atoms with van der Waals surface area (Å²) in [5.41, 5.74) is 4.73. The van der Waals surface area contributed by atoms with Gasteiger partial charge in [0.25, 0.3) is 5.56 Å². The summed E-state index contributed by atoms with van der Waals surface area (Å²) in [6, 6.07) is 1.26. The number of nitrogens with zero attached hydrogens (tertiary/aromatic N) is 1. The fourth-order valence-corrected chi connectivity index (χ4v) is 0.507. The zero-order valence-corrected chi connectivity index (χ0v) is 5.09. The molecular formula is C5H6N4O. The minimum Gasteiger partial charge on any atom is -0.381 e. The molecule has 5 heteroatoms. The zero-order chi connectivity index (χ0) is 7.56. The summed E-state index contributed by atoms with van der Waals surface area (Å²) in [6.07, 6.45) is 1.30. The Balaban J connectivity index is 3.20. The Morgan fingerprint density at radius 2 is 2.50 bits per heavy atom. The first-order valence-electron chi connectivity index (χ1n) is 2.60. The summed E-state index contributed by atoms with van der Waals surface area (Å²) in [4.78, 5) is 16.5. The third-order valence-electron chi connectivity index (χ3n) is 0.926. The van der Waals surface area contributed by atoms with Crippen molar-refractivity contribution in [3.63, 3.8) is 0 Å². The van der Waals surface area contributed by atoms with Crippen molar-refractivity contribution in [1.29, 1.82) is 5.41 Å². The second-order valence-corrected chi connectivity index (χ2v) is 1.70. The van der Waals surface area contributed by atoms with Crippen LogP contribution in [0.1, 0.15) is 5.82 Å². The van der Waals surface area contributed by atoms with Crippen LogP contribution >= 0.6 is 0 Å². The van der Waals surface area contributed by atoms with Gasteiger partial charge in [-0.15, -0.1) is 0 Å². The van der Waals surface area contributed by atoms with E-state index in [1.54, 1.807) is 0 Å². The van der Waals surface area contributed by atoms with Crippen molar-refractivity contribution in [3.05, 3.63) is 28.4 Å². The molecule has 4 N–H and O–H groups in total. The van der Waals surface area contributed by atoms with Gasteiger partial charge in [0.1, 0.15) is 0 Å². The van der Waals surface area contributed by atoms with Crippen LogP contribution in [-0.4, -0.2) is 15.8 Å². The molecule has 1 aromatic rings. The lowest BCUT2D eigenvalue weighted by molar-refractivity contribution is 1.07. The maximum Gasteiger partial charge on any atom is 0.251 e. The van der Waals surface area contributed by atoms with Crippen molar-refractivity contribution in [2.45, 2.75) is 0 Å². The molecule has 0 aromatic carbocycles. The minimum atomic E-state index is -0.305.